The molecule has 0 aliphatic heterocycles. The number of aliphatic imine (C=N–C) groups is 1. The molecule has 0 aromatic heterocycles. The van der Waals surface area contributed by atoms with Crippen LogP contribution in [0.25, 0.3) is 0 Å². The molecular formula is C21H34IN5O2. The third-order valence-corrected chi connectivity index (χ3v) is 5.13. The number of carbonyl (C=O) groups excluding carboxylic acids is 2. The van der Waals surface area contributed by atoms with E-state index in [1.54, 1.807) is 19.2 Å². The molecule has 162 valence electrons. The van der Waals surface area contributed by atoms with Crippen molar-refractivity contribution in [2.24, 2.45) is 16.6 Å². The van der Waals surface area contributed by atoms with Crippen molar-refractivity contribution in [2.75, 3.05) is 20.1 Å². The van der Waals surface area contributed by atoms with Crippen LogP contribution in [0, 0.1) is 5.92 Å². The molecule has 1 aliphatic carbocycles. The van der Waals surface area contributed by atoms with Gasteiger partial charge in [-0.05, 0) is 30.0 Å². The summed E-state index contributed by atoms with van der Waals surface area (Å²) in [6.07, 6.45) is 9.45. The van der Waals surface area contributed by atoms with Crippen LogP contribution in [0.1, 0.15) is 60.9 Å². The van der Waals surface area contributed by atoms with Crippen LogP contribution in [-0.2, 0) is 11.3 Å². The van der Waals surface area contributed by atoms with Gasteiger partial charge in [0.2, 0.25) is 5.91 Å². The van der Waals surface area contributed by atoms with Gasteiger partial charge >= 0.3 is 0 Å². The van der Waals surface area contributed by atoms with Crippen molar-refractivity contribution < 1.29 is 9.59 Å². The minimum atomic E-state index is -0.563. The Hall–Kier alpha value is -1.84. The summed E-state index contributed by atoms with van der Waals surface area (Å²) < 4.78 is 0. The molecule has 0 saturated heterocycles. The summed E-state index contributed by atoms with van der Waals surface area (Å²) in [4.78, 5) is 26.8. The third kappa shape index (κ3) is 9.96. The second kappa shape index (κ2) is 14.2. The highest BCUT2D eigenvalue weighted by atomic mass is 127. The summed E-state index contributed by atoms with van der Waals surface area (Å²) >= 11 is 0. The minimum absolute atomic E-state index is 0. The number of nitrogens with two attached hydrogens (primary N) is 1. The lowest BCUT2D eigenvalue weighted by Crippen LogP contribution is -2.37. The van der Waals surface area contributed by atoms with Gasteiger partial charge in [-0.15, -0.1) is 24.0 Å². The van der Waals surface area contributed by atoms with Gasteiger partial charge in [-0.3, -0.25) is 14.6 Å². The van der Waals surface area contributed by atoms with Crippen molar-refractivity contribution >= 4 is 41.8 Å². The predicted octanol–water partition coefficient (Wildman–Crippen LogP) is 2.55. The number of guanidine groups is 1. The van der Waals surface area contributed by atoms with E-state index in [1.165, 1.54) is 38.5 Å². The first kappa shape index (κ1) is 25.2. The second-order valence-electron chi connectivity index (χ2n) is 7.34. The Morgan fingerprint density at radius 3 is 2.38 bits per heavy atom. The Morgan fingerprint density at radius 2 is 1.76 bits per heavy atom. The van der Waals surface area contributed by atoms with E-state index in [-0.39, 0.29) is 36.4 Å². The highest BCUT2D eigenvalue weighted by Gasteiger charge is 2.13. The quantitative estimate of drug-likeness (QED) is 0.166. The number of carbonyl (C=O) groups is 2. The average Bonchev–Trinajstić information content (AvgIpc) is 3.22. The molecule has 8 heteroatoms. The van der Waals surface area contributed by atoms with E-state index < -0.39 is 5.91 Å². The molecule has 1 aromatic rings. The third-order valence-electron chi connectivity index (χ3n) is 5.13. The van der Waals surface area contributed by atoms with Gasteiger partial charge in [-0.2, -0.15) is 0 Å². The molecule has 0 unspecified atom stereocenters. The van der Waals surface area contributed by atoms with E-state index >= 15 is 0 Å². The molecule has 5 N–H and O–H groups in total. The summed E-state index contributed by atoms with van der Waals surface area (Å²) in [6.45, 7) is 1.38. The number of nitrogens with one attached hydrogen (secondary N) is 3. The van der Waals surface area contributed by atoms with Gasteiger partial charge in [0.05, 0.1) is 6.54 Å². The fourth-order valence-corrected chi connectivity index (χ4v) is 3.51. The van der Waals surface area contributed by atoms with Gasteiger partial charge in [-0.25, -0.2) is 0 Å². The maximum Gasteiger partial charge on any atom is 0.251 e. The zero-order valence-corrected chi connectivity index (χ0v) is 19.5. The van der Waals surface area contributed by atoms with E-state index in [4.69, 9.17) is 5.73 Å². The lowest BCUT2D eigenvalue weighted by molar-refractivity contribution is -0.117. The maximum absolute atomic E-state index is 11.9. The fraction of sp³-hybridized carbons (Fsp3) is 0.571. The molecular weight excluding hydrogens is 481 g/mol. The molecule has 1 saturated carbocycles. The molecule has 0 atom stereocenters. The summed E-state index contributed by atoms with van der Waals surface area (Å²) in [5, 5.41) is 9.11. The first-order valence-electron chi connectivity index (χ1n) is 10.2. The number of halogens is 1. The lowest BCUT2D eigenvalue weighted by atomic mass is 10.0. The van der Waals surface area contributed by atoms with Gasteiger partial charge in [0, 0.05) is 25.7 Å². The number of hydrogen-bond donors (Lipinski definition) is 4. The Kier molecular flexibility index (Phi) is 12.3. The van der Waals surface area contributed by atoms with E-state index in [9.17, 15) is 9.59 Å². The van der Waals surface area contributed by atoms with Crippen molar-refractivity contribution in [1.82, 2.24) is 16.0 Å². The van der Waals surface area contributed by atoms with Gasteiger partial charge in [0.15, 0.2) is 5.96 Å². The molecule has 29 heavy (non-hydrogen) atoms. The van der Waals surface area contributed by atoms with E-state index in [0.29, 0.717) is 12.1 Å². The molecule has 1 aromatic carbocycles. The van der Waals surface area contributed by atoms with Crippen molar-refractivity contribution in [3.63, 3.8) is 0 Å². The Bertz CT molecular complexity index is 658. The Labute approximate surface area is 190 Å². The zero-order chi connectivity index (χ0) is 20.2. The van der Waals surface area contributed by atoms with Gasteiger partial charge in [0.25, 0.3) is 5.91 Å². The van der Waals surface area contributed by atoms with Crippen LogP contribution in [0.5, 0.6) is 0 Å². The number of benzene rings is 1. The second-order valence-corrected chi connectivity index (χ2v) is 7.34. The first-order chi connectivity index (χ1) is 13.6. The van der Waals surface area contributed by atoms with E-state index in [2.05, 4.69) is 20.9 Å². The highest BCUT2D eigenvalue weighted by molar-refractivity contribution is 14.0. The monoisotopic (exact) mass is 515 g/mol. The van der Waals surface area contributed by atoms with Crippen LogP contribution in [0.2, 0.25) is 0 Å². The highest BCUT2D eigenvalue weighted by Crippen LogP contribution is 2.28. The van der Waals surface area contributed by atoms with Crippen LogP contribution >= 0.6 is 24.0 Å². The molecule has 0 radical (unpaired) electrons. The summed E-state index contributed by atoms with van der Waals surface area (Å²) in [6, 6.07) is 7.21. The average molecular weight is 515 g/mol. The maximum atomic E-state index is 11.9. The van der Waals surface area contributed by atoms with E-state index in [1.807, 2.05) is 12.1 Å². The molecule has 1 fully saturated rings. The largest absolute Gasteiger partial charge is 0.368 e. The Morgan fingerprint density at radius 1 is 1.07 bits per heavy atom. The molecule has 2 amide bonds. The number of nitrogens with zero attached hydrogens (tertiary/aromatic N) is 1. The van der Waals surface area contributed by atoms with Crippen molar-refractivity contribution in [1.29, 1.82) is 0 Å². The molecule has 0 bridgehead atoms. The van der Waals surface area contributed by atoms with Crippen molar-refractivity contribution in [3.05, 3.63) is 35.4 Å². The summed E-state index contributed by atoms with van der Waals surface area (Å²) in [7, 11) is 1.76. The van der Waals surface area contributed by atoms with Crippen LogP contribution in [0.4, 0.5) is 0 Å². The standard InChI is InChI=1S/C21H33N5O2.HI/c1-23-21(24-13-5-4-8-16-6-2-3-7-16)26-14-17-9-11-18(12-10-17)20(28)25-15-19(22)27;/h9-12,16H,2-8,13-15H2,1H3,(H2,22,27)(H,25,28)(H2,23,24,26);1H. The first-order valence-corrected chi connectivity index (χ1v) is 10.2. The van der Waals surface area contributed by atoms with Gasteiger partial charge in [-0.1, -0.05) is 50.7 Å². The number of unbranched alkanes of at least 4 members (excludes halogenated alkanes) is 1. The van der Waals surface area contributed by atoms with Crippen molar-refractivity contribution in [2.45, 2.75) is 51.5 Å². The topological polar surface area (TPSA) is 109 Å². The van der Waals surface area contributed by atoms with Crippen LogP contribution in [0.15, 0.2) is 29.3 Å². The van der Waals surface area contributed by atoms with Crippen LogP contribution < -0.4 is 21.7 Å². The zero-order valence-electron chi connectivity index (χ0n) is 17.2. The molecule has 0 spiro atoms. The van der Waals surface area contributed by atoms with Gasteiger partial charge < -0.3 is 21.7 Å². The molecule has 2 rings (SSSR count). The molecule has 7 nitrogen and oxygen atoms in total. The number of hydrogen-bond acceptors (Lipinski definition) is 3. The SMILES string of the molecule is CN=C(NCCCCC1CCCC1)NCc1ccc(C(=O)NCC(N)=O)cc1.I. The van der Waals surface area contributed by atoms with Crippen LogP contribution in [0.3, 0.4) is 0 Å². The van der Waals surface area contributed by atoms with E-state index in [0.717, 1.165) is 30.4 Å². The van der Waals surface area contributed by atoms with Gasteiger partial charge in [0.1, 0.15) is 0 Å². The van der Waals surface area contributed by atoms with Crippen LogP contribution in [-0.4, -0.2) is 37.9 Å². The summed E-state index contributed by atoms with van der Waals surface area (Å²) in [5.74, 6) is 0.863. The fourth-order valence-electron chi connectivity index (χ4n) is 3.51. The molecule has 0 heterocycles. The smallest absolute Gasteiger partial charge is 0.251 e. The minimum Gasteiger partial charge on any atom is -0.368 e. The number of primary amides is 1. The normalized spacial score (nSPS) is 14.2. The summed E-state index contributed by atoms with van der Waals surface area (Å²) in [5.41, 5.74) is 6.56. The predicted molar refractivity (Wildman–Crippen MR) is 127 cm³/mol. The number of amides is 2. The Balaban J connectivity index is 0.00000420. The lowest BCUT2D eigenvalue weighted by Gasteiger charge is -2.13. The molecule has 1 aliphatic rings. The van der Waals surface area contributed by atoms with Crippen molar-refractivity contribution in [3.8, 4) is 0 Å². The number of rotatable bonds is 10.